The molecule has 0 spiro atoms. The fourth-order valence-electron chi connectivity index (χ4n) is 2.27. The number of benzene rings is 1. The van der Waals surface area contributed by atoms with Gasteiger partial charge in [0.2, 0.25) is 0 Å². The van der Waals surface area contributed by atoms with E-state index >= 15 is 0 Å². The first-order valence-corrected chi connectivity index (χ1v) is 6.46. The van der Waals surface area contributed by atoms with Crippen LogP contribution in [0.4, 0.5) is 4.39 Å². The molecule has 1 aliphatic rings. The van der Waals surface area contributed by atoms with Crippen molar-refractivity contribution in [3.8, 4) is 11.5 Å². The average molecular weight is 268 g/mol. The fraction of sp³-hybridized carbons (Fsp3) is 0.600. The van der Waals surface area contributed by atoms with Gasteiger partial charge >= 0.3 is 0 Å². The van der Waals surface area contributed by atoms with Crippen molar-refractivity contribution in [2.45, 2.75) is 44.4 Å². The SMILES string of the molecule is COc1cc(CC2(O)CC2)cc(C(C)(C)F)c1OC. The average Bonchev–Trinajstić information content (AvgIpc) is 3.04. The van der Waals surface area contributed by atoms with Crippen LogP contribution < -0.4 is 9.47 Å². The number of halogens is 1. The van der Waals surface area contributed by atoms with E-state index in [2.05, 4.69) is 0 Å². The van der Waals surface area contributed by atoms with Crippen LogP contribution in [-0.2, 0) is 12.1 Å². The van der Waals surface area contributed by atoms with Gasteiger partial charge in [0.1, 0.15) is 5.67 Å². The standard InChI is InChI=1S/C15H21FO3/c1-14(2,16)11-7-10(9-15(17)5-6-15)8-12(18-3)13(11)19-4/h7-8,17H,5-6,9H2,1-4H3. The monoisotopic (exact) mass is 268 g/mol. The predicted molar refractivity (Wildman–Crippen MR) is 71.6 cm³/mol. The van der Waals surface area contributed by atoms with Crippen molar-refractivity contribution < 1.29 is 19.0 Å². The van der Waals surface area contributed by atoms with Gasteiger partial charge in [0, 0.05) is 12.0 Å². The van der Waals surface area contributed by atoms with E-state index in [0.29, 0.717) is 23.5 Å². The molecule has 0 unspecified atom stereocenters. The molecule has 1 aromatic carbocycles. The normalized spacial score (nSPS) is 17.2. The molecule has 0 amide bonds. The van der Waals surface area contributed by atoms with Gasteiger partial charge in [0.05, 0.1) is 19.8 Å². The minimum absolute atomic E-state index is 0.418. The molecular formula is C15H21FO3. The third-order valence-electron chi connectivity index (χ3n) is 3.54. The molecule has 1 fully saturated rings. The van der Waals surface area contributed by atoms with Crippen molar-refractivity contribution in [3.05, 3.63) is 23.3 Å². The first-order valence-electron chi connectivity index (χ1n) is 6.46. The second-order valence-corrected chi connectivity index (χ2v) is 5.75. The van der Waals surface area contributed by atoms with Gasteiger partial charge in [-0.2, -0.15) is 0 Å². The van der Waals surface area contributed by atoms with Crippen molar-refractivity contribution in [1.29, 1.82) is 0 Å². The number of aliphatic hydroxyl groups is 1. The van der Waals surface area contributed by atoms with E-state index in [1.807, 2.05) is 6.07 Å². The molecule has 0 atom stereocenters. The number of hydrogen-bond acceptors (Lipinski definition) is 3. The van der Waals surface area contributed by atoms with E-state index < -0.39 is 11.3 Å². The summed E-state index contributed by atoms with van der Waals surface area (Å²) in [5.74, 6) is 0.923. The summed E-state index contributed by atoms with van der Waals surface area (Å²) in [5, 5.41) is 10.0. The Kier molecular flexibility index (Phi) is 3.47. The topological polar surface area (TPSA) is 38.7 Å². The Morgan fingerprint density at radius 2 is 1.89 bits per heavy atom. The van der Waals surface area contributed by atoms with E-state index in [1.54, 1.807) is 6.07 Å². The Labute approximate surface area is 113 Å². The zero-order valence-corrected chi connectivity index (χ0v) is 11.9. The molecule has 0 aliphatic heterocycles. The Bertz CT molecular complexity index is 473. The van der Waals surface area contributed by atoms with Crippen molar-refractivity contribution in [2.75, 3.05) is 14.2 Å². The molecule has 4 heteroatoms. The highest BCUT2D eigenvalue weighted by Gasteiger charge is 2.40. The lowest BCUT2D eigenvalue weighted by Gasteiger charge is -2.22. The van der Waals surface area contributed by atoms with Gasteiger partial charge in [-0.15, -0.1) is 0 Å². The minimum Gasteiger partial charge on any atom is -0.493 e. The van der Waals surface area contributed by atoms with Crippen molar-refractivity contribution >= 4 is 0 Å². The first-order chi connectivity index (χ1) is 8.79. The van der Waals surface area contributed by atoms with Crippen molar-refractivity contribution in [1.82, 2.24) is 0 Å². The van der Waals surface area contributed by atoms with E-state index in [1.165, 1.54) is 28.1 Å². The maximum absolute atomic E-state index is 14.3. The van der Waals surface area contributed by atoms with Crippen LogP contribution in [0.2, 0.25) is 0 Å². The highest BCUT2D eigenvalue weighted by Crippen LogP contribution is 2.43. The predicted octanol–water partition coefficient (Wildman–Crippen LogP) is 2.98. The van der Waals surface area contributed by atoms with Gasteiger partial charge in [-0.3, -0.25) is 0 Å². The third kappa shape index (κ3) is 3.00. The first kappa shape index (κ1) is 14.1. The maximum atomic E-state index is 14.3. The van der Waals surface area contributed by atoms with E-state index in [9.17, 15) is 9.50 Å². The quantitative estimate of drug-likeness (QED) is 0.892. The van der Waals surface area contributed by atoms with Gasteiger partial charge in [-0.1, -0.05) is 0 Å². The molecule has 1 N–H and O–H groups in total. The van der Waals surface area contributed by atoms with Crippen LogP contribution in [0.15, 0.2) is 12.1 Å². The van der Waals surface area contributed by atoms with Crippen LogP contribution in [0.25, 0.3) is 0 Å². The molecule has 19 heavy (non-hydrogen) atoms. The second-order valence-electron chi connectivity index (χ2n) is 5.75. The molecule has 2 rings (SSSR count). The van der Waals surface area contributed by atoms with Crippen LogP contribution in [0.1, 0.15) is 37.8 Å². The summed E-state index contributed by atoms with van der Waals surface area (Å²) in [6.07, 6.45) is 2.13. The lowest BCUT2D eigenvalue weighted by Crippen LogP contribution is -2.15. The smallest absolute Gasteiger partial charge is 0.167 e. The highest BCUT2D eigenvalue weighted by atomic mass is 19.1. The molecule has 0 bridgehead atoms. The number of alkyl halides is 1. The maximum Gasteiger partial charge on any atom is 0.167 e. The van der Waals surface area contributed by atoms with Crippen molar-refractivity contribution in [2.24, 2.45) is 0 Å². The number of ether oxygens (including phenoxy) is 2. The molecule has 1 aliphatic carbocycles. The largest absolute Gasteiger partial charge is 0.493 e. The molecule has 1 aromatic rings. The van der Waals surface area contributed by atoms with Gasteiger partial charge in [-0.25, -0.2) is 4.39 Å². The van der Waals surface area contributed by atoms with Gasteiger partial charge in [0.25, 0.3) is 0 Å². The van der Waals surface area contributed by atoms with E-state index in [4.69, 9.17) is 9.47 Å². The number of methoxy groups -OCH3 is 2. The van der Waals surface area contributed by atoms with E-state index in [0.717, 1.165) is 18.4 Å². The lowest BCUT2D eigenvalue weighted by molar-refractivity contribution is 0.150. The summed E-state index contributed by atoms with van der Waals surface area (Å²) in [7, 11) is 3.03. The number of rotatable bonds is 5. The molecule has 0 saturated heterocycles. The summed E-state index contributed by atoms with van der Waals surface area (Å²) in [6, 6.07) is 3.57. The summed E-state index contributed by atoms with van der Waals surface area (Å²) in [6.45, 7) is 2.97. The lowest BCUT2D eigenvalue weighted by atomic mass is 9.94. The summed E-state index contributed by atoms with van der Waals surface area (Å²) in [4.78, 5) is 0. The molecule has 106 valence electrons. The van der Waals surface area contributed by atoms with Crippen LogP contribution in [0, 0.1) is 0 Å². The van der Waals surface area contributed by atoms with Gasteiger partial charge < -0.3 is 14.6 Å². The highest BCUT2D eigenvalue weighted by molar-refractivity contribution is 5.52. The van der Waals surface area contributed by atoms with Gasteiger partial charge in [0.15, 0.2) is 11.5 Å². The summed E-state index contributed by atoms with van der Waals surface area (Å²) >= 11 is 0. The second kappa shape index (κ2) is 4.67. The summed E-state index contributed by atoms with van der Waals surface area (Å²) < 4.78 is 24.9. The van der Waals surface area contributed by atoms with Crippen LogP contribution in [-0.4, -0.2) is 24.9 Å². The third-order valence-corrected chi connectivity index (χ3v) is 3.54. The van der Waals surface area contributed by atoms with Crippen LogP contribution in [0.3, 0.4) is 0 Å². The van der Waals surface area contributed by atoms with Crippen molar-refractivity contribution in [3.63, 3.8) is 0 Å². The van der Waals surface area contributed by atoms with Crippen LogP contribution >= 0.6 is 0 Å². The Balaban J connectivity index is 2.46. The van der Waals surface area contributed by atoms with Gasteiger partial charge in [-0.05, 0) is 44.4 Å². The zero-order chi connectivity index (χ0) is 14.3. The molecule has 0 aromatic heterocycles. The minimum atomic E-state index is -1.53. The molecule has 0 heterocycles. The Morgan fingerprint density at radius 3 is 2.32 bits per heavy atom. The molecule has 0 radical (unpaired) electrons. The van der Waals surface area contributed by atoms with E-state index in [-0.39, 0.29) is 0 Å². The summed E-state index contributed by atoms with van der Waals surface area (Å²) in [5.41, 5.74) is -0.815. The van der Waals surface area contributed by atoms with Crippen LogP contribution in [0.5, 0.6) is 11.5 Å². The number of hydrogen-bond donors (Lipinski definition) is 1. The molecule has 3 nitrogen and oxygen atoms in total. The zero-order valence-electron chi connectivity index (χ0n) is 11.9. The Hall–Kier alpha value is -1.29. The fourth-order valence-corrected chi connectivity index (χ4v) is 2.27. The Morgan fingerprint density at radius 1 is 1.26 bits per heavy atom. The molecular weight excluding hydrogens is 247 g/mol. The molecule has 1 saturated carbocycles.